The molecule has 2 fully saturated rings. The van der Waals surface area contributed by atoms with Gasteiger partial charge in [-0.25, -0.2) is 0 Å². The Kier molecular flexibility index (Phi) is 3.97. The van der Waals surface area contributed by atoms with Crippen LogP contribution in [0.2, 0.25) is 0 Å². The molecule has 4 heteroatoms. The number of hydrogen-bond donors (Lipinski definition) is 1. The molecular formula is C15H24N4. The maximum atomic E-state index is 4.44. The van der Waals surface area contributed by atoms with Crippen LogP contribution in [0.1, 0.15) is 43.7 Å². The first kappa shape index (κ1) is 12.9. The highest BCUT2D eigenvalue weighted by molar-refractivity contribution is 5.38. The third kappa shape index (κ3) is 2.89. The first-order valence-electron chi connectivity index (χ1n) is 7.60. The summed E-state index contributed by atoms with van der Waals surface area (Å²) in [7, 11) is 2.04. The summed E-state index contributed by atoms with van der Waals surface area (Å²) >= 11 is 0. The van der Waals surface area contributed by atoms with Gasteiger partial charge in [0.2, 0.25) is 0 Å². The van der Waals surface area contributed by atoms with Gasteiger partial charge in [-0.1, -0.05) is 6.42 Å². The van der Waals surface area contributed by atoms with E-state index in [9.17, 15) is 0 Å². The van der Waals surface area contributed by atoms with Crippen molar-refractivity contribution in [3.8, 4) is 0 Å². The minimum atomic E-state index is 0.683. The van der Waals surface area contributed by atoms with Gasteiger partial charge in [0.25, 0.3) is 0 Å². The lowest BCUT2D eigenvalue weighted by Gasteiger charge is -2.32. The highest BCUT2D eigenvalue weighted by Gasteiger charge is 2.23. The number of piperidine rings is 1. The number of rotatable bonds is 4. The fourth-order valence-electron chi connectivity index (χ4n) is 3.08. The molecule has 19 heavy (non-hydrogen) atoms. The Morgan fingerprint density at radius 2 is 1.95 bits per heavy atom. The second-order valence-corrected chi connectivity index (χ2v) is 5.93. The van der Waals surface area contributed by atoms with E-state index in [1.807, 2.05) is 7.05 Å². The Balaban J connectivity index is 1.57. The highest BCUT2D eigenvalue weighted by Crippen LogP contribution is 2.35. The van der Waals surface area contributed by atoms with Crippen molar-refractivity contribution in [2.24, 2.45) is 5.92 Å². The molecule has 3 rings (SSSR count). The number of anilines is 1. The Hall–Kier alpha value is -1.16. The van der Waals surface area contributed by atoms with Crippen molar-refractivity contribution in [2.45, 2.75) is 38.0 Å². The first-order chi connectivity index (χ1) is 9.36. The summed E-state index contributed by atoms with van der Waals surface area (Å²) in [5, 5.41) is 12.1. The van der Waals surface area contributed by atoms with Gasteiger partial charge in [-0.3, -0.25) is 0 Å². The zero-order chi connectivity index (χ0) is 13.1. The molecule has 0 aromatic carbocycles. The minimum absolute atomic E-state index is 0.683. The van der Waals surface area contributed by atoms with Gasteiger partial charge in [-0.05, 0) is 57.3 Å². The smallest absolute Gasteiger partial charge is 0.151 e. The maximum absolute atomic E-state index is 4.44. The van der Waals surface area contributed by atoms with E-state index in [0.29, 0.717) is 5.92 Å². The van der Waals surface area contributed by atoms with Gasteiger partial charge in [0.05, 0.1) is 5.69 Å². The fourth-order valence-corrected chi connectivity index (χ4v) is 3.08. The SMILES string of the molecule is CNCC1CCN(c2ccc(C3CCC3)nn2)CC1. The van der Waals surface area contributed by atoms with Gasteiger partial charge >= 0.3 is 0 Å². The Morgan fingerprint density at radius 3 is 2.47 bits per heavy atom. The van der Waals surface area contributed by atoms with Crippen LogP contribution < -0.4 is 10.2 Å². The number of aromatic nitrogens is 2. The molecule has 1 aliphatic heterocycles. The molecular weight excluding hydrogens is 236 g/mol. The van der Waals surface area contributed by atoms with Gasteiger partial charge in [0, 0.05) is 19.0 Å². The van der Waals surface area contributed by atoms with Gasteiger partial charge in [-0.2, -0.15) is 5.10 Å². The Bertz CT molecular complexity index is 391. The molecule has 1 saturated carbocycles. The number of nitrogens with zero attached hydrogens (tertiary/aromatic N) is 3. The summed E-state index contributed by atoms with van der Waals surface area (Å²) < 4.78 is 0. The van der Waals surface area contributed by atoms with E-state index in [1.165, 1.54) is 37.8 Å². The zero-order valence-electron chi connectivity index (χ0n) is 11.8. The van der Waals surface area contributed by atoms with Crippen LogP contribution in [0.5, 0.6) is 0 Å². The first-order valence-corrected chi connectivity index (χ1v) is 7.60. The van der Waals surface area contributed by atoms with Gasteiger partial charge in [0.1, 0.15) is 0 Å². The monoisotopic (exact) mass is 260 g/mol. The Labute approximate surface area is 115 Å². The zero-order valence-corrected chi connectivity index (χ0v) is 11.8. The van der Waals surface area contributed by atoms with E-state index >= 15 is 0 Å². The third-order valence-electron chi connectivity index (χ3n) is 4.63. The van der Waals surface area contributed by atoms with Crippen molar-refractivity contribution in [2.75, 3.05) is 31.6 Å². The van der Waals surface area contributed by atoms with Crippen molar-refractivity contribution in [3.63, 3.8) is 0 Å². The van der Waals surface area contributed by atoms with Crippen molar-refractivity contribution in [3.05, 3.63) is 17.8 Å². The van der Waals surface area contributed by atoms with E-state index in [4.69, 9.17) is 0 Å². The second-order valence-electron chi connectivity index (χ2n) is 5.93. The predicted octanol–water partition coefficient (Wildman–Crippen LogP) is 2.18. The molecule has 0 atom stereocenters. The molecule has 0 spiro atoms. The van der Waals surface area contributed by atoms with E-state index < -0.39 is 0 Å². The minimum Gasteiger partial charge on any atom is -0.355 e. The van der Waals surface area contributed by atoms with Crippen molar-refractivity contribution in [1.82, 2.24) is 15.5 Å². The number of nitrogens with one attached hydrogen (secondary N) is 1. The lowest BCUT2D eigenvalue weighted by atomic mass is 9.83. The molecule has 104 valence electrons. The van der Waals surface area contributed by atoms with Gasteiger partial charge in [-0.15, -0.1) is 5.10 Å². The maximum Gasteiger partial charge on any atom is 0.151 e. The van der Waals surface area contributed by atoms with Gasteiger partial charge < -0.3 is 10.2 Å². The standard InChI is InChI=1S/C15H24N4/c1-16-11-12-7-9-19(10-8-12)15-6-5-14(17-18-15)13-3-2-4-13/h5-6,12-13,16H,2-4,7-11H2,1H3. The van der Waals surface area contributed by atoms with Crippen LogP contribution in [0, 0.1) is 5.92 Å². The summed E-state index contributed by atoms with van der Waals surface area (Å²) in [5.74, 6) is 2.57. The molecule has 2 heterocycles. The Morgan fingerprint density at radius 1 is 1.16 bits per heavy atom. The molecule has 0 unspecified atom stereocenters. The van der Waals surface area contributed by atoms with Crippen molar-refractivity contribution in [1.29, 1.82) is 0 Å². The normalized spacial score (nSPS) is 21.4. The average Bonchev–Trinajstić information content (AvgIpc) is 2.39. The summed E-state index contributed by atoms with van der Waals surface area (Å²) in [6, 6.07) is 4.35. The van der Waals surface area contributed by atoms with Crippen molar-refractivity contribution >= 4 is 5.82 Å². The van der Waals surface area contributed by atoms with Crippen LogP contribution >= 0.6 is 0 Å². The molecule has 1 aliphatic carbocycles. The molecule has 0 bridgehead atoms. The average molecular weight is 260 g/mol. The quantitative estimate of drug-likeness (QED) is 0.901. The molecule has 1 aromatic rings. The van der Waals surface area contributed by atoms with Crippen LogP contribution in [0.3, 0.4) is 0 Å². The fraction of sp³-hybridized carbons (Fsp3) is 0.733. The third-order valence-corrected chi connectivity index (χ3v) is 4.63. The highest BCUT2D eigenvalue weighted by atomic mass is 15.3. The summed E-state index contributed by atoms with van der Waals surface area (Å²) in [4.78, 5) is 2.38. The summed E-state index contributed by atoms with van der Waals surface area (Å²) in [5.41, 5.74) is 1.19. The van der Waals surface area contributed by atoms with E-state index in [0.717, 1.165) is 31.4 Å². The molecule has 1 saturated heterocycles. The molecule has 4 nitrogen and oxygen atoms in total. The van der Waals surface area contributed by atoms with Gasteiger partial charge in [0.15, 0.2) is 5.82 Å². The molecule has 1 aromatic heterocycles. The van der Waals surface area contributed by atoms with E-state index in [-0.39, 0.29) is 0 Å². The number of hydrogen-bond acceptors (Lipinski definition) is 4. The molecule has 0 radical (unpaired) electrons. The van der Waals surface area contributed by atoms with Crippen LogP contribution in [-0.2, 0) is 0 Å². The molecule has 1 N–H and O–H groups in total. The summed E-state index contributed by atoms with van der Waals surface area (Å²) in [6.07, 6.45) is 6.46. The van der Waals surface area contributed by atoms with E-state index in [1.54, 1.807) is 0 Å². The lowest BCUT2D eigenvalue weighted by Crippen LogP contribution is -2.37. The lowest BCUT2D eigenvalue weighted by molar-refractivity contribution is 0.390. The largest absolute Gasteiger partial charge is 0.355 e. The van der Waals surface area contributed by atoms with Crippen LogP contribution in [0.4, 0.5) is 5.82 Å². The van der Waals surface area contributed by atoms with Crippen LogP contribution in [0.15, 0.2) is 12.1 Å². The van der Waals surface area contributed by atoms with Crippen LogP contribution in [0.25, 0.3) is 0 Å². The van der Waals surface area contributed by atoms with Crippen molar-refractivity contribution < 1.29 is 0 Å². The van der Waals surface area contributed by atoms with Crippen LogP contribution in [-0.4, -0.2) is 36.9 Å². The molecule has 0 amide bonds. The molecule has 2 aliphatic rings. The topological polar surface area (TPSA) is 41.0 Å². The predicted molar refractivity (Wildman–Crippen MR) is 77.5 cm³/mol. The second kappa shape index (κ2) is 5.87. The summed E-state index contributed by atoms with van der Waals surface area (Å²) in [6.45, 7) is 3.37. The van der Waals surface area contributed by atoms with E-state index in [2.05, 4.69) is 32.5 Å².